The third kappa shape index (κ3) is 2.87. The van der Waals surface area contributed by atoms with E-state index in [-0.39, 0.29) is 11.6 Å². The van der Waals surface area contributed by atoms with Crippen LogP contribution in [0.4, 0.5) is 23.0 Å². The number of nitro benzene ring substituents is 2. The van der Waals surface area contributed by atoms with E-state index in [0.717, 1.165) is 18.2 Å². The lowest BCUT2D eigenvalue weighted by Crippen LogP contribution is -2.09. The van der Waals surface area contributed by atoms with E-state index in [9.17, 15) is 28.6 Å². The third-order valence-corrected chi connectivity index (χ3v) is 4.65. The average Bonchev–Trinajstić information content (AvgIpc) is 2.45. The zero-order valence-corrected chi connectivity index (χ0v) is 12.1. The second kappa shape index (κ2) is 5.49. The van der Waals surface area contributed by atoms with Gasteiger partial charge in [0.15, 0.2) is 0 Å². The molecule has 4 N–H and O–H groups in total. The molecule has 1 aromatic heterocycles. The minimum atomic E-state index is -4.25. The molecule has 12 heteroatoms. The zero-order valence-electron chi connectivity index (χ0n) is 11.2. The van der Waals surface area contributed by atoms with Crippen molar-refractivity contribution in [2.24, 2.45) is 0 Å². The first-order chi connectivity index (χ1) is 10.6. The number of hydrogen-bond acceptors (Lipinski definition) is 9. The zero-order chi connectivity index (χ0) is 17.4. The molecular weight excluding hydrogens is 330 g/mol. The molecule has 0 saturated heterocycles. The molecule has 0 unspecified atom stereocenters. The number of nitrogens with zero attached hydrogens (tertiary/aromatic N) is 3. The Labute approximate surface area is 128 Å². The standard InChI is InChI=1S/C11H9N5O6S/c12-10-4-3-9(11(13)14-10)23(21,22)6-1-2-7(15(17)18)8(5-6)16(19)20/h1-5H,(H4,12,13,14). The summed E-state index contributed by atoms with van der Waals surface area (Å²) in [4.78, 5) is 22.3. The van der Waals surface area contributed by atoms with Crippen molar-refractivity contribution >= 4 is 32.8 Å². The Morgan fingerprint density at radius 1 is 0.957 bits per heavy atom. The maximum absolute atomic E-state index is 12.5. The number of hydrogen-bond donors (Lipinski definition) is 2. The molecule has 11 nitrogen and oxygen atoms in total. The molecule has 0 amide bonds. The molecule has 0 spiro atoms. The highest BCUT2D eigenvalue weighted by Crippen LogP contribution is 2.32. The number of sulfone groups is 1. The average molecular weight is 339 g/mol. The summed E-state index contributed by atoms with van der Waals surface area (Å²) in [6, 6.07) is 4.52. The summed E-state index contributed by atoms with van der Waals surface area (Å²) in [7, 11) is -4.25. The lowest BCUT2D eigenvalue weighted by molar-refractivity contribution is -0.422. The predicted octanol–water partition coefficient (Wildman–Crippen LogP) is 0.895. The maximum Gasteiger partial charge on any atom is 0.347 e. The second-order valence-electron chi connectivity index (χ2n) is 4.29. The van der Waals surface area contributed by atoms with E-state index in [1.165, 1.54) is 6.07 Å². The van der Waals surface area contributed by atoms with Crippen molar-refractivity contribution in [3.8, 4) is 0 Å². The van der Waals surface area contributed by atoms with E-state index >= 15 is 0 Å². The monoisotopic (exact) mass is 339 g/mol. The Hall–Kier alpha value is -3.28. The Bertz CT molecular complexity index is 926. The van der Waals surface area contributed by atoms with Crippen LogP contribution in [0.2, 0.25) is 0 Å². The van der Waals surface area contributed by atoms with Gasteiger partial charge in [-0.3, -0.25) is 20.2 Å². The van der Waals surface area contributed by atoms with Gasteiger partial charge in [0.05, 0.1) is 14.7 Å². The minimum Gasteiger partial charge on any atom is -0.384 e. The number of nitrogen functional groups attached to an aromatic ring is 2. The van der Waals surface area contributed by atoms with Crippen molar-refractivity contribution in [2.75, 3.05) is 11.5 Å². The van der Waals surface area contributed by atoms with Crippen molar-refractivity contribution in [1.82, 2.24) is 4.98 Å². The molecule has 1 aromatic carbocycles. The SMILES string of the molecule is Nc1ccc(S(=O)(=O)c2ccc([N+](=O)[O-])c([N+](=O)[O-])c2)c(N)n1. The van der Waals surface area contributed by atoms with Gasteiger partial charge >= 0.3 is 11.4 Å². The fraction of sp³-hybridized carbons (Fsp3) is 0. The van der Waals surface area contributed by atoms with Gasteiger partial charge in [-0.1, -0.05) is 0 Å². The van der Waals surface area contributed by atoms with Crippen LogP contribution in [-0.2, 0) is 9.84 Å². The van der Waals surface area contributed by atoms with Gasteiger partial charge in [-0.05, 0) is 18.2 Å². The van der Waals surface area contributed by atoms with Crippen LogP contribution in [-0.4, -0.2) is 23.2 Å². The second-order valence-corrected chi connectivity index (χ2v) is 6.21. The van der Waals surface area contributed by atoms with Crippen molar-refractivity contribution in [3.05, 3.63) is 50.6 Å². The number of pyridine rings is 1. The van der Waals surface area contributed by atoms with Gasteiger partial charge < -0.3 is 11.5 Å². The van der Waals surface area contributed by atoms with Gasteiger partial charge in [0.1, 0.15) is 16.5 Å². The van der Waals surface area contributed by atoms with Gasteiger partial charge in [0.25, 0.3) is 0 Å². The highest BCUT2D eigenvalue weighted by atomic mass is 32.2. The summed E-state index contributed by atoms with van der Waals surface area (Å²) in [6.45, 7) is 0. The number of nitrogens with two attached hydrogens (primary N) is 2. The Balaban J connectivity index is 2.67. The number of nitro groups is 2. The van der Waals surface area contributed by atoms with E-state index in [0.29, 0.717) is 6.07 Å². The van der Waals surface area contributed by atoms with Crippen LogP contribution in [0.3, 0.4) is 0 Å². The smallest absolute Gasteiger partial charge is 0.347 e. The summed E-state index contributed by atoms with van der Waals surface area (Å²) in [5, 5.41) is 21.7. The molecule has 0 aliphatic carbocycles. The summed E-state index contributed by atoms with van der Waals surface area (Å²) >= 11 is 0. The van der Waals surface area contributed by atoms with E-state index in [2.05, 4.69) is 4.98 Å². The first-order valence-corrected chi connectivity index (χ1v) is 7.33. The van der Waals surface area contributed by atoms with Gasteiger partial charge in [0.2, 0.25) is 9.84 Å². The Morgan fingerprint density at radius 3 is 2.09 bits per heavy atom. The topological polar surface area (TPSA) is 185 Å². The minimum absolute atomic E-state index is 0.00358. The van der Waals surface area contributed by atoms with E-state index < -0.39 is 40.8 Å². The fourth-order valence-electron chi connectivity index (χ4n) is 1.80. The largest absolute Gasteiger partial charge is 0.384 e. The van der Waals surface area contributed by atoms with Gasteiger partial charge in [-0.2, -0.15) is 0 Å². The van der Waals surface area contributed by atoms with Crippen LogP contribution >= 0.6 is 0 Å². The molecule has 2 aromatic rings. The molecule has 2 rings (SSSR count). The molecular formula is C11H9N5O6S. The van der Waals surface area contributed by atoms with E-state index in [1.807, 2.05) is 0 Å². The van der Waals surface area contributed by atoms with Crippen molar-refractivity contribution in [1.29, 1.82) is 0 Å². The van der Waals surface area contributed by atoms with E-state index in [1.54, 1.807) is 0 Å². The Morgan fingerprint density at radius 2 is 1.57 bits per heavy atom. The summed E-state index contributed by atoms with van der Waals surface area (Å²) in [6.07, 6.45) is 0. The van der Waals surface area contributed by atoms with Crippen molar-refractivity contribution in [3.63, 3.8) is 0 Å². The lowest BCUT2D eigenvalue weighted by Gasteiger charge is -2.07. The molecule has 0 aliphatic heterocycles. The highest BCUT2D eigenvalue weighted by molar-refractivity contribution is 7.91. The molecule has 0 saturated carbocycles. The van der Waals surface area contributed by atoms with Gasteiger partial charge in [-0.15, -0.1) is 0 Å². The highest BCUT2D eigenvalue weighted by Gasteiger charge is 2.29. The van der Waals surface area contributed by atoms with E-state index in [4.69, 9.17) is 11.5 Å². The fourth-order valence-corrected chi connectivity index (χ4v) is 3.14. The predicted molar refractivity (Wildman–Crippen MR) is 78.3 cm³/mol. The van der Waals surface area contributed by atoms with Gasteiger partial charge in [-0.25, -0.2) is 13.4 Å². The molecule has 0 atom stereocenters. The number of benzene rings is 1. The normalized spacial score (nSPS) is 11.1. The first kappa shape index (κ1) is 16.1. The van der Waals surface area contributed by atoms with Crippen LogP contribution in [0.15, 0.2) is 40.1 Å². The van der Waals surface area contributed by atoms with Crippen molar-refractivity contribution < 1.29 is 18.3 Å². The first-order valence-electron chi connectivity index (χ1n) is 5.84. The van der Waals surface area contributed by atoms with Crippen molar-refractivity contribution in [2.45, 2.75) is 9.79 Å². The summed E-state index contributed by atoms with van der Waals surface area (Å²) in [5.41, 5.74) is 9.12. The molecule has 0 bridgehead atoms. The number of rotatable bonds is 4. The van der Waals surface area contributed by atoms with Crippen LogP contribution in [0.25, 0.3) is 0 Å². The molecule has 0 radical (unpaired) electrons. The lowest BCUT2D eigenvalue weighted by atomic mass is 10.3. The van der Waals surface area contributed by atoms with Crippen LogP contribution in [0.1, 0.15) is 0 Å². The summed E-state index contributed by atoms with van der Waals surface area (Å²) < 4.78 is 24.9. The van der Waals surface area contributed by atoms with Crippen LogP contribution in [0.5, 0.6) is 0 Å². The third-order valence-electron chi connectivity index (χ3n) is 2.85. The quantitative estimate of drug-likeness (QED) is 0.602. The van der Waals surface area contributed by atoms with Crippen LogP contribution in [0, 0.1) is 20.2 Å². The molecule has 0 aliphatic rings. The van der Waals surface area contributed by atoms with Gasteiger partial charge in [0, 0.05) is 12.1 Å². The number of aromatic nitrogens is 1. The maximum atomic E-state index is 12.5. The molecule has 1 heterocycles. The molecule has 23 heavy (non-hydrogen) atoms. The number of anilines is 2. The summed E-state index contributed by atoms with van der Waals surface area (Å²) in [5.74, 6) is -0.387. The molecule has 0 fully saturated rings. The molecule has 120 valence electrons. The Kier molecular flexibility index (Phi) is 3.84. The van der Waals surface area contributed by atoms with Crippen LogP contribution < -0.4 is 11.5 Å².